The zero-order valence-electron chi connectivity index (χ0n) is 16.5. The zero-order chi connectivity index (χ0) is 20.8. The van der Waals surface area contributed by atoms with Crippen molar-refractivity contribution in [3.8, 4) is 5.75 Å². The molecule has 8 nitrogen and oxygen atoms in total. The quantitative estimate of drug-likeness (QED) is 0.305. The van der Waals surface area contributed by atoms with E-state index in [2.05, 4.69) is 10.1 Å². The van der Waals surface area contributed by atoms with Gasteiger partial charge in [-0.2, -0.15) is 0 Å². The van der Waals surface area contributed by atoms with Gasteiger partial charge in [-0.1, -0.05) is 5.16 Å². The van der Waals surface area contributed by atoms with E-state index in [-0.39, 0.29) is 11.3 Å². The summed E-state index contributed by atoms with van der Waals surface area (Å²) in [4.78, 5) is 29.7. The molecule has 0 atom stereocenters. The van der Waals surface area contributed by atoms with Gasteiger partial charge in [-0.05, 0) is 68.8 Å². The third kappa shape index (κ3) is 5.17. The summed E-state index contributed by atoms with van der Waals surface area (Å²) in [6.07, 6.45) is 2.42. The van der Waals surface area contributed by atoms with E-state index in [1.807, 2.05) is 18.2 Å². The van der Waals surface area contributed by atoms with Gasteiger partial charge in [-0.15, -0.1) is 0 Å². The minimum Gasteiger partial charge on any atom is -0.496 e. The smallest absolute Gasteiger partial charge is 0.365 e. The van der Waals surface area contributed by atoms with Crippen LogP contribution in [0.4, 0.5) is 5.69 Å². The van der Waals surface area contributed by atoms with Gasteiger partial charge in [0.25, 0.3) is 5.69 Å². The largest absolute Gasteiger partial charge is 0.496 e. The number of benzene rings is 2. The lowest BCUT2D eigenvalue weighted by molar-refractivity contribution is -0.384. The Morgan fingerprint density at radius 1 is 1.14 bits per heavy atom. The van der Waals surface area contributed by atoms with Crippen molar-refractivity contribution in [2.45, 2.75) is 26.3 Å². The van der Waals surface area contributed by atoms with Crippen LogP contribution in [0.2, 0.25) is 0 Å². The lowest BCUT2D eigenvalue weighted by atomic mass is 10.1. The maximum absolute atomic E-state index is 12.1. The van der Waals surface area contributed by atoms with Crippen LogP contribution in [0.3, 0.4) is 0 Å². The molecule has 1 saturated heterocycles. The highest BCUT2D eigenvalue weighted by Gasteiger charge is 2.16. The van der Waals surface area contributed by atoms with Gasteiger partial charge >= 0.3 is 5.97 Å². The molecule has 0 radical (unpaired) electrons. The minimum absolute atomic E-state index is 0.0926. The van der Waals surface area contributed by atoms with Crippen LogP contribution in [0.25, 0.3) is 0 Å². The Bertz CT molecular complexity index is 918. The molecule has 2 aromatic carbocycles. The van der Waals surface area contributed by atoms with E-state index in [1.165, 1.54) is 37.1 Å². The predicted octanol–water partition coefficient (Wildman–Crippen LogP) is 3.78. The van der Waals surface area contributed by atoms with E-state index in [4.69, 9.17) is 9.57 Å². The summed E-state index contributed by atoms with van der Waals surface area (Å²) in [5, 5.41) is 14.6. The Morgan fingerprint density at radius 3 is 2.41 bits per heavy atom. The second kappa shape index (κ2) is 9.29. The predicted molar refractivity (Wildman–Crippen MR) is 108 cm³/mol. The summed E-state index contributed by atoms with van der Waals surface area (Å²) < 4.78 is 5.47. The lowest BCUT2D eigenvalue weighted by Crippen LogP contribution is -2.19. The second-order valence-electron chi connectivity index (χ2n) is 6.87. The van der Waals surface area contributed by atoms with Gasteiger partial charge in [0.1, 0.15) is 5.75 Å². The number of hydrogen-bond donors (Lipinski definition) is 0. The fourth-order valence-electron chi connectivity index (χ4n) is 3.24. The molecule has 2 aromatic rings. The summed E-state index contributed by atoms with van der Waals surface area (Å²) in [6.45, 7) is 4.71. The number of rotatable bonds is 7. The molecule has 0 spiro atoms. The van der Waals surface area contributed by atoms with E-state index in [0.717, 1.165) is 36.5 Å². The summed E-state index contributed by atoms with van der Waals surface area (Å²) in [6, 6.07) is 10.9. The molecule has 0 unspecified atom stereocenters. The maximum atomic E-state index is 12.1. The van der Waals surface area contributed by atoms with Gasteiger partial charge in [0.15, 0.2) is 0 Å². The Balaban J connectivity index is 1.71. The van der Waals surface area contributed by atoms with E-state index >= 15 is 0 Å². The highest BCUT2D eigenvalue weighted by Crippen LogP contribution is 2.24. The molecule has 1 heterocycles. The molecule has 0 aliphatic carbocycles. The van der Waals surface area contributed by atoms with Gasteiger partial charge in [0, 0.05) is 24.2 Å². The number of methoxy groups -OCH3 is 1. The number of oxime groups is 1. The van der Waals surface area contributed by atoms with Crippen LogP contribution in [0.15, 0.2) is 47.6 Å². The van der Waals surface area contributed by atoms with Gasteiger partial charge in [0.2, 0.25) is 0 Å². The Kier molecular flexibility index (Phi) is 6.56. The van der Waals surface area contributed by atoms with Crippen LogP contribution < -0.4 is 4.74 Å². The first kappa shape index (κ1) is 20.5. The lowest BCUT2D eigenvalue weighted by Gasteiger charge is -2.17. The van der Waals surface area contributed by atoms with E-state index in [9.17, 15) is 14.9 Å². The normalized spacial score (nSPS) is 14.6. The van der Waals surface area contributed by atoms with Crippen molar-refractivity contribution in [2.24, 2.45) is 5.16 Å². The Labute approximate surface area is 168 Å². The molecule has 1 fully saturated rings. The molecule has 0 saturated carbocycles. The number of nitrogens with zero attached hydrogens (tertiary/aromatic N) is 3. The number of carbonyl (C=O) groups excluding carboxylic acids is 1. The highest BCUT2D eigenvalue weighted by molar-refractivity contribution is 5.99. The average molecular weight is 397 g/mol. The highest BCUT2D eigenvalue weighted by atomic mass is 16.7. The summed E-state index contributed by atoms with van der Waals surface area (Å²) in [5.74, 6) is 0.140. The molecule has 0 bridgehead atoms. The molecule has 1 aliphatic heterocycles. The molecule has 29 heavy (non-hydrogen) atoms. The number of nitro benzene ring substituents is 1. The van der Waals surface area contributed by atoms with Crippen molar-refractivity contribution in [1.82, 2.24) is 4.90 Å². The molecule has 0 N–H and O–H groups in total. The number of carbonyl (C=O) groups is 1. The molecule has 0 amide bonds. The summed E-state index contributed by atoms with van der Waals surface area (Å²) >= 11 is 0. The van der Waals surface area contributed by atoms with Gasteiger partial charge < -0.3 is 9.57 Å². The minimum atomic E-state index is -0.676. The third-order valence-electron chi connectivity index (χ3n) is 4.87. The fourth-order valence-corrected chi connectivity index (χ4v) is 3.24. The summed E-state index contributed by atoms with van der Waals surface area (Å²) in [7, 11) is 1.65. The number of likely N-dealkylation sites (tertiary alicyclic amines) is 1. The molecular weight excluding hydrogens is 374 g/mol. The monoisotopic (exact) mass is 397 g/mol. The first-order valence-corrected chi connectivity index (χ1v) is 9.38. The maximum Gasteiger partial charge on any atom is 0.365 e. The van der Waals surface area contributed by atoms with Crippen molar-refractivity contribution in [3.63, 3.8) is 0 Å². The Morgan fingerprint density at radius 2 is 1.79 bits per heavy atom. The molecule has 8 heteroatoms. The van der Waals surface area contributed by atoms with E-state index < -0.39 is 10.9 Å². The van der Waals surface area contributed by atoms with Crippen molar-refractivity contribution in [3.05, 3.63) is 69.3 Å². The van der Waals surface area contributed by atoms with Crippen LogP contribution in [0.5, 0.6) is 5.75 Å². The fraction of sp³-hybridized carbons (Fsp3) is 0.333. The number of ether oxygens (including phenoxy) is 1. The standard InChI is InChI=1S/C21H23N3O5/c1-15(22-29-21(25)16-5-8-19(9-6-16)24(26)27)17-7-10-20(28-2)18(13-17)14-23-11-3-4-12-23/h5-10,13H,3-4,11-12,14H2,1-2H3/b22-15+. The van der Waals surface area contributed by atoms with Gasteiger partial charge in [-0.3, -0.25) is 15.0 Å². The number of hydrogen-bond acceptors (Lipinski definition) is 7. The summed E-state index contributed by atoms with van der Waals surface area (Å²) in [5.41, 5.74) is 2.53. The number of nitro groups is 1. The van der Waals surface area contributed by atoms with Crippen LogP contribution in [-0.4, -0.2) is 41.7 Å². The van der Waals surface area contributed by atoms with Crippen LogP contribution >= 0.6 is 0 Å². The van der Waals surface area contributed by atoms with Crippen LogP contribution in [0, 0.1) is 10.1 Å². The topological polar surface area (TPSA) is 94.3 Å². The van der Waals surface area contributed by atoms with Gasteiger partial charge in [-0.25, -0.2) is 4.79 Å². The van der Waals surface area contributed by atoms with E-state index in [1.54, 1.807) is 14.0 Å². The van der Waals surface area contributed by atoms with E-state index in [0.29, 0.717) is 5.71 Å². The zero-order valence-corrected chi connectivity index (χ0v) is 16.5. The average Bonchev–Trinajstić information content (AvgIpc) is 3.24. The van der Waals surface area contributed by atoms with Crippen LogP contribution in [-0.2, 0) is 11.4 Å². The van der Waals surface area contributed by atoms with Crippen molar-refractivity contribution >= 4 is 17.4 Å². The van der Waals surface area contributed by atoms with Gasteiger partial charge in [0.05, 0.1) is 23.3 Å². The second-order valence-corrected chi connectivity index (χ2v) is 6.87. The SMILES string of the molecule is COc1ccc(/C(C)=N/OC(=O)c2ccc([N+](=O)[O-])cc2)cc1CN1CCCC1. The molecular formula is C21H23N3O5. The number of non-ortho nitro benzene ring substituents is 1. The van der Waals surface area contributed by atoms with Crippen molar-refractivity contribution in [1.29, 1.82) is 0 Å². The first-order chi connectivity index (χ1) is 14.0. The molecule has 152 valence electrons. The molecule has 1 aliphatic rings. The van der Waals surface area contributed by atoms with Crippen molar-refractivity contribution < 1.29 is 19.3 Å². The van der Waals surface area contributed by atoms with Crippen molar-refractivity contribution in [2.75, 3.05) is 20.2 Å². The third-order valence-corrected chi connectivity index (χ3v) is 4.87. The van der Waals surface area contributed by atoms with Crippen LogP contribution in [0.1, 0.15) is 41.3 Å². The Hall–Kier alpha value is -3.26. The molecule has 3 rings (SSSR count). The molecule has 0 aromatic heterocycles. The first-order valence-electron chi connectivity index (χ1n) is 9.38.